The normalized spacial score (nSPS) is 16.2. The van der Waals surface area contributed by atoms with E-state index in [9.17, 15) is 18.0 Å². The molecule has 0 fully saturated rings. The summed E-state index contributed by atoms with van der Waals surface area (Å²) in [6, 6.07) is 3.06. The average molecular weight is 331 g/mol. The highest BCUT2D eigenvalue weighted by molar-refractivity contribution is 5.98. The molecule has 0 aromatic heterocycles. The van der Waals surface area contributed by atoms with E-state index in [1.54, 1.807) is 6.92 Å². The molecule has 0 unspecified atom stereocenters. The molecule has 1 aromatic rings. The van der Waals surface area contributed by atoms with Crippen LogP contribution in [-0.2, 0) is 15.7 Å². The summed E-state index contributed by atoms with van der Waals surface area (Å²) in [7, 11) is 0. The number of benzene rings is 1. The molecule has 1 heterocycles. The Kier molecular flexibility index (Phi) is 5.09. The van der Waals surface area contributed by atoms with Gasteiger partial charge < -0.3 is 15.2 Å². The minimum Gasteiger partial charge on any atom is -0.466 e. The molecule has 6 nitrogen and oxygen atoms in total. The Hall–Kier alpha value is -2.29. The summed E-state index contributed by atoms with van der Waals surface area (Å²) < 4.78 is 44.8. The second kappa shape index (κ2) is 6.86. The van der Waals surface area contributed by atoms with Gasteiger partial charge >= 0.3 is 6.18 Å². The molecule has 0 saturated heterocycles. The van der Waals surface area contributed by atoms with Crippen molar-refractivity contribution in [3.63, 3.8) is 0 Å². The summed E-state index contributed by atoms with van der Waals surface area (Å²) in [5.74, 6) is -0.562. The van der Waals surface area contributed by atoms with Gasteiger partial charge in [-0.05, 0) is 24.6 Å². The lowest BCUT2D eigenvalue weighted by Gasteiger charge is -2.21. The van der Waals surface area contributed by atoms with Crippen LogP contribution >= 0.6 is 0 Å². The Bertz CT molecular complexity index is 613. The number of aliphatic hydroxyl groups excluding tert-OH is 1. The number of nitrogens with zero attached hydrogens (tertiary/aromatic N) is 1. The number of aliphatic hydroxyl groups is 1. The zero-order valence-corrected chi connectivity index (χ0v) is 12.3. The minimum absolute atomic E-state index is 0.0872. The summed E-state index contributed by atoms with van der Waals surface area (Å²) in [4.78, 5) is 11.0. The van der Waals surface area contributed by atoms with Crippen LogP contribution in [0.15, 0.2) is 23.3 Å². The Labute approximate surface area is 130 Å². The quantitative estimate of drug-likeness (QED) is 0.767. The topological polar surface area (TPSA) is 83.0 Å². The first kappa shape index (κ1) is 17.1. The number of carbonyl (C=O) groups excluding carboxylic acids is 1. The zero-order valence-electron chi connectivity index (χ0n) is 12.3. The number of hydrogen-bond acceptors (Lipinski definition) is 5. The van der Waals surface area contributed by atoms with Crippen molar-refractivity contribution in [3.8, 4) is 0 Å². The minimum atomic E-state index is -4.59. The van der Waals surface area contributed by atoms with Crippen LogP contribution in [0.2, 0.25) is 0 Å². The molecule has 0 saturated carbocycles. The molecular weight excluding hydrogens is 315 g/mol. The van der Waals surface area contributed by atoms with E-state index < -0.39 is 23.7 Å². The van der Waals surface area contributed by atoms with E-state index >= 15 is 0 Å². The van der Waals surface area contributed by atoms with Crippen LogP contribution in [0.5, 0.6) is 0 Å². The molecule has 1 aliphatic rings. The van der Waals surface area contributed by atoms with Gasteiger partial charge in [-0.25, -0.2) is 5.43 Å². The molecule has 3 N–H and O–H groups in total. The molecule has 1 atom stereocenters. The Balaban J connectivity index is 2.37. The van der Waals surface area contributed by atoms with E-state index in [1.807, 2.05) is 0 Å². The van der Waals surface area contributed by atoms with Crippen molar-refractivity contribution in [1.82, 2.24) is 5.43 Å². The van der Waals surface area contributed by atoms with Crippen LogP contribution < -0.4 is 10.7 Å². The number of rotatable bonds is 5. The van der Waals surface area contributed by atoms with Crippen molar-refractivity contribution in [2.45, 2.75) is 25.6 Å². The highest BCUT2D eigenvalue weighted by atomic mass is 19.4. The molecule has 126 valence electrons. The van der Waals surface area contributed by atoms with Crippen LogP contribution in [-0.4, -0.2) is 36.2 Å². The van der Waals surface area contributed by atoms with Gasteiger partial charge in [-0.2, -0.15) is 13.2 Å². The molecule has 0 spiro atoms. The number of hydrogen-bond donors (Lipinski definition) is 3. The lowest BCUT2D eigenvalue weighted by atomic mass is 10.1. The van der Waals surface area contributed by atoms with E-state index in [-0.39, 0.29) is 30.4 Å². The molecule has 0 aliphatic carbocycles. The SMILES string of the molecule is CC[C@@H](CO)Nc1ccc(C2=NNC(=O)CO2)cc1C(F)(F)F. The lowest BCUT2D eigenvalue weighted by molar-refractivity contribution is -0.137. The van der Waals surface area contributed by atoms with Gasteiger partial charge in [0.05, 0.1) is 12.2 Å². The molecular formula is C14H16F3N3O3. The summed E-state index contributed by atoms with van der Waals surface area (Å²) >= 11 is 0. The molecule has 1 amide bonds. The van der Waals surface area contributed by atoms with Gasteiger partial charge in [-0.3, -0.25) is 4.79 Å². The Morgan fingerprint density at radius 2 is 2.22 bits per heavy atom. The molecule has 0 radical (unpaired) electrons. The third-order valence-corrected chi connectivity index (χ3v) is 3.27. The first-order valence-electron chi connectivity index (χ1n) is 6.93. The number of anilines is 1. The second-order valence-electron chi connectivity index (χ2n) is 4.93. The maximum absolute atomic E-state index is 13.3. The fourth-order valence-electron chi connectivity index (χ4n) is 1.99. The standard InChI is InChI=1S/C14H16F3N3O3/c1-2-9(6-21)18-11-4-3-8(5-10(11)14(15,16)17)13-20-19-12(22)7-23-13/h3-5,9,18,21H,2,6-7H2,1H3,(H,19,22)/t9-/m0/s1. The molecule has 0 bridgehead atoms. The van der Waals surface area contributed by atoms with E-state index in [1.165, 1.54) is 12.1 Å². The number of hydrazone groups is 1. The van der Waals surface area contributed by atoms with Crippen molar-refractivity contribution in [3.05, 3.63) is 29.3 Å². The predicted octanol–water partition coefficient (Wildman–Crippen LogP) is 1.70. The van der Waals surface area contributed by atoms with Crippen LogP contribution in [0.3, 0.4) is 0 Å². The number of alkyl halides is 3. The monoisotopic (exact) mass is 331 g/mol. The molecule has 23 heavy (non-hydrogen) atoms. The van der Waals surface area contributed by atoms with Gasteiger partial charge in [0.25, 0.3) is 5.91 Å². The van der Waals surface area contributed by atoms with Gasteiger partial charge in [0.1, 0.15) is 0 Å². The number of ether oxygens (including phenoxy) is 1. The largest absolute Gasteiger partial charge is 0.466 e. The highest BCUT2D eigenvalue weighted by Gasteiger charge is 2.35. The molecule has 9 heteroatoms. The number of halogens is 3. The fourth-order valence-corrected chi connectivity index (χ4v) is 1.99. The number of nitrogens with one attached hydrogen (secondary N) is 2. The highest BCUT2D eigenvalue weighted by Crippen LogP contribution is 2.36. The second-order valence-corrected chi connectivity index (χ2v) is 4.93. The molecule has 1 aliphatic heterocycles. The smallest absolute Gasteiger partial charge is 0.418 e. The van der Waals surface area contributed by atoms with E-state index in [4.69, 9.17) is 9.84 Å². The maximum Gasteiger partial charge on any atom is 0.418 e. The number of amides is 1. The van der Waals surface area contributed by atoms with E-state index in [0.717, 1.165) is 6.07 Å². The van der Waals surface area contributed by atoms with Crippen molar-refractivity contribution < 1.29 is 27.8 Å². The third kappa shape index (κ3) is 4.13. The zero-order chi connectivity index (χ0) is 17.0. The van der Waals surface area contributed by atoms with Crippen molar-refractivity contribution in [2.24, 2.45) is 5.10 Å². The summed E-state index contributed by atoms with van der Waals surface area (Å²) in [5.41, 5.74) is 1.21. The third-order valence-electron chi connectivity index (χ3n) is 3.27. The predicted molar refractivity (Wildman–Crippen MR) is 76.9 cm³/mol. The van der Waals surface area contributed by atoms with Crippen molar-refractivity contribution >= 4 is 17.5 Å². The van der Waals surface area contributed by atoms with Crippen molar-refractivity contribution in [1.29, 1.82) is 0 Å². The lowest BCUT2D eigenvalue weighted by Crippen LogP contribution is -2.32. The van der Waals surface area contributed by atoms with Gasteiger partial charge in [-0.1, -0.05) is 6.92 Å². The van der Waals surface area contributed by atoms with Crippen molar-refractivity contribution in [2.75, 3.05) is 18.5 Å². The summed E-state index contributed by atoms with van der Waals surface area (Å²) in [5, 5.41) is 15.4. The van der Waals surface area contributed by atoms with Gasteiger partial charge in [0.2, 0.25) is 5.90 Å². The van der Waals surface area contributed by atoms with E-state index in [0.29, 0.717) is 6.42 Å². The Morgan fingerprint density at radius 3 is 2.74 bits per heavy atom. The summed E-state index contributed by atoms with van der Waals surface area (Å²) in [6.07, 6.45) is -4.12. The van der Waals surface area contributed by atoms with Gasteiger partial charge in [0.15, 0.2) is 6.61 Å². The summed E-state index contributed by atoms with van der Waals surface area (Å²) in [6.45, 7) is 1.17. The Morgan fingerprint density at radius 1 is 1.48 bits per heavy atom. The number of carbonyl (C=O) groups is 1. The van der Waals surface area contributed by atoms with E-state index in [2.05, 4.69) is 15.8 Å². The van der Waals surface area contributed by atoms with Crippen LogP contribution in [0, 0.1) is 0 Å². The van der Waals surface area contributed by atoms with Gasteiger partial charge in [-0.15, -0.1) is 5.10 Å². The fraction of sp³-hybridized carbons (Fsp3) is 0.429. The average Bonchev–Trinajstić information content (AvgIpc) is 2.52. The first-order chi connectivity index (χ1) is 10.8. The molecule has 2 rings (SSSR count). The van der Waals surface area contributed by atoms with Crippen LogP contribution in [0.4, 0.5) is 18.9 Å². The van der Waals surface area contributed by atoms with Crippen LogP contribution in [0.1, 0.15) is 24.5 Å². The van der Waals surface area contributed by atoms with Gasteiger partial charge in [0, 0.05) is 17.3 Å². The maximum atomic E-state index is 13.3. The molecule has 1 aromatic carbocycles. The van der Waals surface area contributed by atoms with Crippen LogP contribution in [0.25, 0.3) is 0 Å². The first-order valence-corrected chi connectivity index (χ1v) is 6.93.